The molecular weight excluding hydrogens is 377 g/mol. The van der Waals surface area contributed by atoms with Crippen molar-refractivity contribution in [1.82, 2.24) is 4.57 Å². The van der Waals surface area contributed by atoms with Gasteiger partial charge in [0.2, 0.25) is 5.43 Å². The van der Waals surface area contributed by atoms with E-state index in [4.69, 9.17) is 10.5 Å². The summed E-state index contributed by atoms with van der Waals surface area (Å²) < 4.78 is 23.0. The van der Waals surface area contributed by atoms with Gasteiger partial charge in [-0.25, -0.2) is 9.18 Å². The lowest BCUT2D eigenvalue weighted by Gasteiger charge is -2.25. The summed E-state index contributed by atoms with van der Waals surface area (Å²) in [6.45, 7) is 5.32. The highest BCUT2D eigenvalue weighted by molar-refractivity contribution is 5.97. The van der Waals surface area contributed by atoms with Gasteiger partial charge in [-0.1, -0.05) is 0 Å². The summed E-state index contributed by atoms with van der Waals surface area (Å²) >= 11 is 0. The van der Waals surface area contributed by atoms with Crippen LogP contribution in [-0.2, 0) is 0 Å². The number of halogens is 1. The topological polar surface area (TPSA) is 97.8 Å². The summed E-state index contributed by atoms with van der Waals surface area (Å²) in [6, 6.07) is 1.26. The SMILES string of the molecule is CCOc1c(N2CC[C@@H]([C@@H](C)N)C2)c(F)cc2c(=O)c(C(=O)O)cn(C3CC3)c12. The van der Waals surface area contributed by atoms with Crippen LogP contribution < -0.4 is 20.8 Å². The molecule has 8 heteroatoms. The van der Waals surface area contributed by atoms with Crippen molar-refractivity contribution in [3.8, 4) is 5.75 Å². The number of nitrogens with zero attached hydrogens (tertiary/aromatic N) is 2. The number of rotatable bonds is 6. The Morgan fingerprint density at radius 2 is 2.14 bits per heavy atom. The molecule has 1 aliphatic carbocycles. The zero-order valence-electron chi connectivity index (χ0n) is 16.7. The van der Waals surface area contributed by atoms with E-state index in [1.807, 2.05) is 11.8 Å². The lowest BCUT2D eigenvalue weighted by molar-refractivity contribution is 0.0694. The second kappa shape index (κ2) is 7.33. The molecule has 1 aliphatic heterocycles. The number of hydrogen-bond acceptors (Lipinski definition) is 5. The first-order valence-electron chi connectivity index (χ1n) is 10.1. The summed E-state index contributed by atoms with van der Waals surface area (Å²) in [5.41, 5.74) is 5.82. The maximum absolute atomic E-state index is 15.3. The molecule has 7 nitrogen and oxygen atoms in total. The summed E-state index contributed by atoms with van der Waals surface area (Å²) in [7, 11) is 0. The number of hydrogen-bond donors (Lipinski definition) is 2. The number of carbonyl (C=O) groups is 1. The van der Waals surface area contributed by atoms with Crippen LogP contribution in [-0.4, -0.2) is 41.4 Å². The predicted octanol–water partition coefficient (Wildman–Crippen LogP) is 2.75. The van der Waals surface area contributed by atoms with Gasteiger partial charge in [-0.2, -0.15) is 0 Å². The Morgan fingerprint density at radius 1 is 1.41 bits per heavy atom. The maximum atomic E-state index is 15.3. The summed E-state index contributed by atoms with van der Waals surface area (Å²) in [6.07, 6.45) is 4.00. The summed E-state index contributed by atoms with van der Waals surface area (Å²) in [4.78, 5) is 26.3. The van der Waals surface area contributed by atoms with Crippen LogP contribution in [0.4, 0.5) is 10.1 Å². The molecule has 0 spiro atoms. The highest BCUT2D eigenvalue weighted by Gasteiger charge is 2.34. The zero-order chi connectivity index (χ0) is 20.9. The number of pyridine rings is 1. The number of nitrogens with two attached hydrogens (primary N) is 1. The quantitative estimate of drug-likeness (QED) is 0.770. The molecule has 3 N–H and O–H groups in total. The number of aromatic nitrogens is 1. The second-order valence-electron chi connectivity index (χ2n) is 8.03. The van der Waals surface area contributed by atoms with Crippen LogP contribution in [0.2, 0.25) is 0 Å². The van der Waals surface area contributed by atoms with Crippen molar-refractivity contribution in [3.05, 3.63) is 33.9 Å². The molecule has 0 radical (unpaired) electrons. The molecule has 1 aromatic carbocycles. The third-order valence-corrected chi connectivity index (χ3v) is 5.94. The molecule has 156 valence electrons. The highest BCUT2D eigenvalue weighted by Crippen LogP contribution is 2.44. The fourth-order valence-electron chi connectivity index (χ4n) is 4.23. The first-order chi connectivity index (χ1) is 13.8. The largest absolute Gasteiger partial charge is 0.489 e. The van der Waals surface area contributed by atoms with Crippen molar-refractivity contribution in [2.75, 3.05) is 24.6 Å². The third kappa shape index (κ3) is 3.35. The Labute approximate surface area is 167 Å². The number of benzene rings is 1. The van der Waals surface area contributed by atoms with E-state index >= 15 is 4.39 Å². The van der Waals surface area contributed by atoms with E-state index in [1.165, 1.54) is 12.3 Å². The van der Waals surface area contributed by atoms with Gasteiger partial charge in [0.15, 0.2) is 11.6 Å². The Balaban J connectivity index is 1.98. The van der Waals surface area contributed by atoms with Gasteiger partial charge in [-0.15, -0.1) is 0 Å². The lowest BCUT2D eigenvalue weighted by Crippen LogP contribution is -2.30. The van der Waals surface area contributed by atoms with Crippen molar-refractivity contribution in [2.24, 2.45) is 11.7 Å². The van der Waals surface area contributed by atoms with Crippen molar-refractivity contribution in [1.29, 1.82) is 0 Å². The molecule has 29 heavy (non-hydrogen) atoms. The molecule has 1 saturated carbocycles. The molecular formula is C21H26FN3O4. The number of carboxylic acids is 1. The molecule has 0 unspecified atom stereocenters. The van der Waals surface area contributed by atoms with Crippen LogP contribution in [0.25, 0.3) is 10.9 Å². The van der Waals surface area contributed by atoms with E-state index in [0.717, 1.165) is 19.3 Å². The summed E-state index contributed by atoms with van der Waals surface area (Å²) in [5.74, 6) is -1.32. The van der Waals surface area contributed by atoms with Crippen molar-refractivity contribution >= 4 is 22.6 Å². The number of ether oxygens (including phenoxy) is 1. The first kappa shape index (κ1) is 19.7. The van der Waals surface area contributed by atoms with Crippen LogP contribution in [0, 0.1) is 11.7 Å². The normalized spacial score (nSPS) is 20.3. The Hall–Kier alpha value is -2.61. The van der Waals surface area contributed by atoms with Crippen LogP contribution in [0.5, 0.6) is 5.75 Å². The van der Waals surface area contributed by atoms with E-state index in [2.05, 4.69) is 0 Å². The van der Waals surface area contributed by atoms with Crippen LogP contribution in [0.1, 0.15) is 49.5 Å². The third-order valence-electron chi connectivity index (χ3n) is 5.94. The van der Waals surface area contributed by atoms with Gasteiger partial charge in [0, 0.05) is 31.4 Å². The maximum Gasteiger partial charge on any atom is 0.341 e. The Kier molecular flexibility index (Phi) is 4.98. The number of fused-ring (bicyclic) bond motifs is 1. The Morgan fingerprint density at radius 3 is 2.69 bits per heavy atom. The van der Waals surface area contributed by atoms with Crippen LogP contribution >= 0.6 is 0 Å². The Bertz CT molecular complexity index is 1030. The molecule has 2 fully saturated rings. The monoisotopic (exact) mass is 403 g/mol. The average molecular weight is 403 g/mol. The average Bonchev–Trinajstić information content (AvgIpc) is 3.39. The minimum Gasteiger partial charge on any atom is -0.489 e. The van der Waals surface area contributed by atoms with Gasteiger partial charge in [0.25, 0.3) is 0 Å². The van der Waals surface area contributed by atoms with Gasteiger partial charge >= 0.3 is 5.97 Å². The van der Waals surface area contributed by atoms with Gasteiger partial charge in [0.1, 0.15) is 11.3 Å². The second-order valence-corrected chi connectivity index (χ2v) is 8.03. The molecule has 4 rings (SSSR count). The molecule has 2 heterocycles. The molecule has 2 aromatic rings. The van der Waals surface area contributed by atoms with Crippen molar-refractivity contribution < 1.29 is 19.0 Å². The number of carboxylic acid groups (broad SMARTS) is 1. The molecule has 0 amide bonds. The van der Waals surface area contributed by atoms with E-state index in [1.54, 1.807) is 11.5 Å². The standard InChI is InChI=1S/C21H26FN3O4/c1-3-29-20-17-14(19(26)15(21(27)28)10-25(17)13-4-5-13)8-16(22)18(20)24-7-6-12(9-24)11(2)23/h8,10-13H,3-7,9,23H2,1-2H3,(H,27,28)/t11-,12-/m1/s1. The number of anilines is 1. The molecule has 2 atom stereocenters. The smallest absolute Gasteiger partial charge is 0.341 e. The van der Waals surface area contributed by atoms with E-state index in [0.29, 0.717) is 36.6 Å². The minimum atomic E-state index is -1.31. The van der Waals surface area contributed by atoms with Gasteiger partial charge in [0.05, 0.1) is 17.5 Å². The lowest BCUT2D eigenvalue weighted by atomic mass is 10.0. The van der Waals surface area contributed by atoms with Crippen LogP contribution in [0.3, 0.4) is 0 Å². The van der Waals surface area contributed by atoms with E-state index < -0.39 is 17.2 Å². The summed E-state index contributed by atoms with van der Waals surface area (Å²) in [5, 5.41) is 9.49. The first-order valence-corrected chi connectivity index (χ1v) is 10.1. The fourth-order valence-corrected chi connectivity index (χ4v) is 4.23. The van der Waals surface area contributed by atoms with Gasteiger partial charge in [-0.3, -0.25) is 4.79 Å². The molecule has 1 saturated heterocycles. The van der Waals surface area contributed by atoms with E-state index in [-0.39, 0.29) is 29.0 Å². The van der Waals surface area contributed by atoms with Gasteiger partial charge < -0.3 is 25.0 Å². The van der Waals surface area contributed by atoms with E-state index in [9.17, 15) is 14.7 Å². The molecule has 1 aromatic heterocycles. The molecule has 0 bridgehead atoms. The van der Waals surface area contributed by atoms with Crippen molar-refractivity contribution in [3.63, 3.8) is 0 Å². The van der Waals surface area contributed by atoms with Crippen molar-refractivity contribution in [2.45, 2.75) is 45.2 Å². The minimum absolute atomic E-state index is 0.00169. The van der Waals surface area contributed by atoms with Crippen LogP contribution in [0.15, 0.2) is 17.1 Å². The molecule has 2 aliphatic rings. The zero-order valence-corrected chi connectivity index (χ0v) is 16.7. The predicted molar refractivity (Wildman–Crippen MR) is 109 cm³/mol. The fraction of sp³-hybridized carbons (Fsp3) is 0.524. The highest BCUT2D eigenvalue weighted by atomic mass is 19.1. The van der Waals surface area contributed by atoms with Gasteiger partial charge in [-0.05, 0) is 45.1 Å². The number of aromatic carboxylic acids is 1.